The number of hydrogen-bond donors (Lipinski definition) is 0. The van der Waals surface area contributed by atoms with Gasteiger partial charge in [0.05, 0.1) is 25.1 Å². The van der Waals surface area contributed by atoms with Crippen LogP contribution >= 0.6 is 0 Å². The molecule has 0 radical (unpaired) electrons. The van der Waals surface area contributed by atoms with E-state index in [1.807, 2.05) is 20.1 Å². The third-order valence-corrected chi connectivity index (χ3v) is 2.24. The summed E-state index contributed by atoms with van der Waals surface area (Å²) in [7, 11) is 0. The molecule has 0 saturated carbocycles. The molecule has 1 aliphatic heterocycles. The molecule has 2 atom stereocenters. The van der Waals surface area contributed by atoms with Crippen molar-refractivity contribution in [2.75, 3.05) is 6.61 Å². The van der Waals surface area contributed by atoms with Crippen LogP contribution in [0.15, 0.2) is 11.8 Å². The lowest BCUT2D eigenvalue weighted by atomic mass is 10.0. The molecule has 1 heterocycles. The highest BCUT2D eigenvalue weighted by atomic mass is 16.5. The maximum Gasteiger partial charge on any atom is 0.0898 e. The Morgan fingerprint density at radius 2 is 2.15 bits per heavy atom. The van der Waals surface area contributed by atoms with Gasteiger partial charge < -0.3 is 9.47 Å². The minimum absolute atomic E-state index is 0.454. The maximum absolute atomic E-state index is 5.59. The van der Waals surface area contributed by atoms with Crippen molar-refractivity contribution in [1.82, 2.24) is 0 Å². The van der Waals surface area contributed by atoms with Gasteiger partial charge in [0, 0.05) is 6.42 Å². The molecule has 1 saturated heterocycles. The summed E-state index contributed by atoms with van der Waals surface area (Å²) in [4.78, 5) is 0. The van der Waals surface area contributed by atoms with Crippen molar-refractivity contribution in [3.63, 3.8) is 0 Å². The molecule has 76 valence electrons. The zero-order chi connectivity index (χ0) is 9.68. The summed E-state index contributed by atoms with van der Waals surface area (Å²) in [5, 5.41) is 0. The zero-order valence-corrected chi connectivity index (χ0v) is 8.88. The van der Waals surface area contributed by atoms with E-state index >= 15 is 0 Å². The fourth-order valence-corrected chi connectivity index (χ4v) is 1.43. The number of allylic oxidation sites excluding steroid dienone is 1. The van der Waals surface area contributed by atoms with Gasteiger partial charge in [-0.05, 0) is 32.3 Å². The Bertz CT molecular complexity index is 165. The van der Waals surface area contributed by atoms with Crippen LogP contribution in [-0.4, -0.2) is 18.8 Å². The van der Waals surface area contributed by atoms with Gasteiger partial charge in [0.25, 0.3) is 0 Å². The molecular formula is C11H20O2. The summed E-state index contributed by atoms with van der Waals surface area (Å²) in [5.74, 6) is 0. The summed E-state index contributed by atoms with van der Waals surface area (Å²) in [6.07, 6.45) is 6.18. The van der Waals surface area contributed by atoms with E-state index in [1.54, 1.807) is 0 Å². The van der Waals surface area contributed by atoms with Gasteiger partial charge in [0.2, 0.25) is 0 Å². The first kappa shape index (κ1) is 10.6. The standard InChI is InChI=1S/C11H20O2/c1-4-10-7-11(13-10)5-6-12-8-9(2)3/h8,10-11H,4-7H2,1-3H3. The van der Waals surface area contributed by atoms with Crippen molar-refractivity contribution in [3.8, 4) is 0 Å². The zero-order valence-electron chi connectivity index (χ0n) is 8.88. The Morgan fingerprint density at radius 3 is 2.69 bits per heavy atom. The lowest BCUT2D eigenvalue weighted by molar-refractivity contribution is -0.131. The average Bonchev–Trinajstić information content (AvgIpc) is 2.00. The fourth-order valence-electron chi connectivity index (χ4n) is 1.43. The van der Waals surface area contributed by atoms with Crippen LogP contribution in [-0.2, 0) is 9.47 Å². The fraction of sp³-hybridized carbons (Fsp3) is 0.818. The highest BCUT2D eigenvalue weighted by Crippen LogP contribution is 2.25. The van der Waals surface area contributed by atoms with Crippen molar-refractivity contribution in [3.05, 3.63) is 11.8 Å². The first-order valence-electron chi connectivity index (χ1n) is 5.12. The Labute approximate surface area is 80.9 Å². The molecule has 1 aliphatic rings. The van der Waals surface area contributed by atoms with Gasteiger partial charge in [-0.3, -0.25) is 0 Å². The van der Waals surface area contributed by atoms with Gasteiger partial charge in [-0.1, -0.05) is 6.92 Å². The minimum Gasteiger partial charge on any atom is -0.501 e. The number of ether oxygens (including phenoxy) is 2. The van der Waals surface area contributed by atoms with Crippen molar-refractivity contribution in [1.29, 1.82) is 0 Å². The summed E-state index contributed by atoms with van der Waals surface area (Å²) in [6, 6.07) is 0. The Hall–Kier alpha value is -0.500. The van der Waals surface area contributed by atoms with E-state index in [1.165, 1.54) is 12.0 Å². The van der Waals surface area contributed by atoms with Crippen LogP contribution in [0, 0.1) is 0 Å². The first-order chi connectivity index (χ1) is 6.22. The van der Waals surface area contributed by atoms with E-state index in [4.69, 9.17) is 9.47 Å². The number of hydrogen-bond acceptors (Lipinski definition) is 2. The minimum atomic E-state index is 0.454. The molecule has 0 amide bonds. The highest BCUT2D eigenvalue weighted by molar-refractivity contribution is 4.86. The van der Waals surface area contributed by atoms with E-state index in [0.29, 0.717) is 12.2 Å². The molecule has 2 heteroatoms. The van der Waals surface area contributed by atoms with E-state index in [9.17, 15) is 0 Å². The molecule has 2 unspecified atom stereocenters. The first-order valence-corrected chi connectivity index (χ1v) is 5.12. The topological polar surface area (TPSA) is 18.5 Å². The summed E-state index contributed by atoms with van der Waals surface area (Å²) in [6.45, 7) is 7.02. The van der Waals surface area contributed by atoms with Gasteiger partial charge in [-0.2, -0.15) is 0 Å². The van der Waals surface area contributed by atoms with E-state index < -0.39 is 0 Å². The molecule has 0 aromatic rings. The van der Waals surface area contributed by atoms with Crippen molar-refractivity contribution >= 4 is 0 Å². The van der Waals surface area contributed by atoms with Crippen molar-refractivity contribution in [2.24, 2.45) is 0 Å². The smallest absolute Gasteiger partial charge is 0.0898 e. The lowest BCUT2D eigenvalue weighted by Gasteiger charge is -2.35. The van der Waals surface area contributed by atoms with Crippen LogP contribution in [0.5, 0.6) is 0 Å². The highest BCUT2D eigenvalue weighted by Gasteiger charge is 2.27. The Kier molecular flexibility index (Phi) is 4.29. The van der Waals surface area contributed by atoms with Gasteiger partial charge in [-0.25, -0.2) is 0 Å². The van der Waals surface area contributed by atoms with Crippen LogP contribution in [0.25, 0.3) is 0 Å². The molecule has 1 rings (SSSR count). The van der Waals surface area contributed by atoms with Gasteiger partial charge in [0.15, 0.2) is 0 Å². The van der Waals surface area contributed by atoms with Crippen molar-refractivity contribution in [2.45, 2.75) is 52.2 Å². The second-order valence-electron chi connectivity index (χ2n) is 3.88. The summed E-state index contributed by atoms with van der Waals surface area (Å²) >= 11 is 0. The SMILES string of the molecule is CCC1CC(CCOC=C(C)C)O1. The average molecular weight is 184 g/mol. The Balaban J connectivity index is 1.94. The largest absolute Gasteiger partial charge is 0.501 e. The second-order valence-corrected chi connectivity index (χ2v) is 3.88. The molecule has 0 bridgehead atoms. The molecule has 13 heavy (non-hydrogen) atoms. The van der Waals surface area contributed by atoms with Gasteiger partial charge >= 0.3 is 0 Å². The monoisotopic (exact) mass is 184 g/mol. The lowest BCUT2D eigenvalue weighted by Crippen LogP contribution is -2.37. The van der Waals surface area contributed by atoms with Crippen LogP contribution in [0.4, 0.5) is 0 Å². The molecule has 0 aromatic carbocycles. The van der Waals surface area contributed by atoms with Crippen LogP contribution in [0.2, 0.25) is 0 Å². The van der Waals surface area contributed by atoms with Crippen LogP contribution in [0.1, 0.15) is 40.0 Å². The van der Waals surface area contributed by atoms with Crippen LogP contribution in [0.3, 0.4) is 0 Å². The van der Waals surface area contributed by atoms with Crippen molar-refractivity contribution < 1.29 is 9.47 Å². The second kappa shape index (κ2) is 5.28. The maximum atomic E-state index is 5.59. The molecule has 0 spiro atoms. The van der Waals surface area contributed by atoms with Gasteiger partial charge in [0.1, 0.15) is 0 Å². The third kappa shape index (κ3) is 3.81. The molecular weight excluding hydrogens is 164 g/mol. The van der Waals surface area contributed by atoms with E-state index in [-0.39, 0.29) is 0 Å². The molecule has 0 aromatic heterocycles. The molecule has 0 aliphatic carbocycles. The Morgan fingerprint density at radius 1 is 1.46 bits per heavy atom. The van der Waals surface area contributed by atoms with Crippen LogP contribution < -0.4 is 0 Å². The van der Waals surface area contributed by atoms with Gasteiger partial charge in [-0.15, -0.1) is 0 Å². The predicted molar refractivity (Wildman–Crippen MR) is 53.6 cm³/mol. The quantitative estimate of drug-likeness (QED) is 0.483. The molecule has 2 nitrogen and oxygen atoms in total. The molecule has 1 fully saturated rings. The normalized spacial score (nSPS) is 26.4. The summed E-state index contributed by atoms with van der Waals surface area (Å²) < 4.78 is 10.9. The predicted octanol–water partition coefficient (Wildman–Crippen LogP) is 2.88. The third-order valence-electron chi connectivity index (χ3n) is 2.24. The summed E-state index contributed by atoms with van der Waals surface area (Å²) in [5.41, 5.74) is 1.21. The number of rotatable bonds is 5. The van der Waals surface area contributed by atoms with E-state index in [0.717, 1.165) is 19.4 Å². The van der Waals surface area contributed by atoms with E-state index in [2.05, 4.69) is 6.92 Å². The molecule has 0 N–H and O–H groups in total.